The van der Waals surface area contributed by atoms with E-state index in [-0.39, 0.29) is 0 Å². The van der Waals surface area contributed by atoms with E-state index in [9.17, 15) is 0 Å². The number of fused-ring (bicyclic) bond motifs is 1. The number of nitrogens with one attached hydrogen (secondary N) is 1. The van der Waals surface area contributed by atoms with Gasteiger partial charge in [0, 0.05) is 35.0 Å². The number of aromatic nitrogens is 4. The first-order valence-corrected chi connectivity index (χ1v) is 9.39. The topological polar surface area (TPSA) is 73.2 Å². The molecule has 0 bridgehead atoms. The number of nitrogens with zero attached hydrogens (tertiary/aromatic N) is 4. The number of nitrogen functional groups attached to an aromatic ring is 1. The van der Waals surface area contributed by atoms with Gasteiger partial charge in [-0.1, -0.05) is 6.92 Å². The predicted molar refractivity (Wildman–Crippen MR) is 98.4 cm³/mol. The van der Waals surface area contributed by atoms with Crippen LogP contribution in [0.2, 0.25) is 0 Å². The molecule has 4 rings (SSSR count). The van der Waals surface area contributed by atoms with Gasteiger partial charge in [-0.05, 0) is 31.2 Å². The van der Waals surface area contributed by atoms with Crippen LogP contribution in [0.4, 0.5) is 5.69 Å². The lowest BCUT2D eigenvalue weighted by molar-refractivity contribution is 0.347. The Morgan fingerprint density at radius 2 is 2.21 bits per heavy atom. The van der Waals surface area contributed by atoms with Crippen molar-refractivity contribution in [2.75, 3.05) is 24.6 Å². The third-order valence-corrected chi connectivity index (χ3v) is 5.40. The zero-order chi connectivity index (χ0) is 16.5. The standard InChI is InChI=1S/C17H22N6S/c1-2-24-16-6-12(10-23-17(16)15(18)9-21-23)13-7-20-22(11-13)14-4-3-5-19-8-14/h6-7,9-11,14,19H,2-5,8,18H2,1H3/t14-/m0/s1. The Balaban J connectivity index is 1.72. The van der Waals surface area contributed by atoms with E-state index >= 15 is 0 Å². The number of rotatable bonds is 4. The van der Waals surface area contributed by atoms with E-state index in [4.69, 9.17) is 5.73 Å². The van der Waals surface area contributed by atoms with Gasteiger partial charge in [-0.25, -0.2) is 4.52 Å². The van der Waals surface area contributed by atoms with Crippen LogP contribution in [0, 0.1) is 0 Å². The highest BCUT2D eigenvalue weighted by atomic mass is 32.2. The average Bonchev–Trinajstić information content (AvgIpc) is 3.23. The smallest absolute Gasteiger partial charge is 0.103 e. The fourth-order valence-electron chi connectivity index (χ4n) is 3.28. The third-order valence-electron chi connectivity index (χ3n) is 4.48. The molecule has 4 heterocycles. The Labute approximate surface area is 145 Å². The van der Waals surface area contributed by atoms with Gasteiger partial charge in [-0.15, -0.1) is 11.8 Å². The van der Waals surface area contributed by atoms with Gasteiger partial charge >= 0.3 is 0 Å². The van der Waals surface area contributed by atoms with Gasteiger partial charge < -0.3 is 11.1 Å². The molecule has 0 saturated carbocycles. The number of hydrogen-bond donors (Lipinski definition) is 2. The van der Waals surface area contributed by atoms with Gasteiger partial charge in [0.25, 0.3) is 0 Å². The Bertz CT molecular complexity index is 846. The van der Waals surface area contributed by atoms with Crippen LogP contribution in [-0.4, -0.2) is 38.2 Å². The molecule has 6 nitrogen and oxygen atoms in total. The number of thioether (sulfide) groups is 1. The molecule has 1 aliphatic rings. The van der Waals surface area contributed by atoms with Crippen molar-refractivity contribution in [2.45, 2.75) is 30.7 Å². The lowest BCUT2D eigenvalue weighted by atomic mass is 10.1. The van der Waals surface area contributed by atoms with Crippen molar-refractivity contribution in [2.24, 2.45) is 0 Å². The molecule has 1 fully saturated rings. The first-order chi connectivity index (χ1) is 11.8. The first kappa shape index (κ1) is 15.5. The van der Waals surface area contributed by atoms with Crippen LogP contribution in [0.1, 0.15) is 25.8 Å². The van der Waals surface area contributed by atoms with E-state index in [1.54, 1.807) is 18.0 Å². The summed E-state index contributed by atoms with van der Waals surface area (Å²) in [5.74, 6) is 0.997. The highest BCUT2D eigenvalue weighted by molar-refractivity contribution is 7.99. The summed E-state index contributed by atoms with van der Waals surface area (Å²) < 4.78 is 3.97. The summed E-state index contributed by atoms with van der Waals surface area (Å²) in [6.07, 6.45) is 10.2. The van der Waals surface area contributed by atoms with E-state index in [1.165, 1.54) is 12.8 Å². The van der Waals surface area contributed by atoms with Gasteiger partial charge in [-0.2, -0.15) is 10.2 Å². The Kier molecular flexibility index (Phi) is 4.20. The van der Waals surface area contributed by atoms with Gasteiger partial charge in [0.1, 0.15) is 5.52 Å². The quantitative estimate of drug-likeness (QED) is 0.713. The van der Waals surface area contributed by atoms with Crippen molar-refractivity contribution in [1.82, 2.24) is 24.7 Å². The molecule has 0 aliphatic carbocycles. The molecule has 126 valence electrons. The number of pyridine rings is 1. The van der Waals surface area contributed by atoms with Crippen molar-refractivity contribution < 1.29 is 0 Å². The van der Waals surface area contributed by atoms with E-state index in [1.807, 2.05) is 16.9 Å². The van der Waals surface area contributed by atoms with E-state index < -0.39 is 0 Å². The predicted octanol–water partition coefficient (Wildman–Crippen LogP) is 2.82. The lowest BCUT2D eigenvalue weighted by Gasteiger charge is -2.22. The highest BCUT2D eigenvalue weighted by Gasteiger charge is 2.17. The number of anilines is 1. The van der Waals surface area contributed by atoms with Crippen molar-refractivity contribution >= 4 is 23.0 Å². The molecule has 0 radical (unpaired) electrons. The zero-order valence-electron chi connectivity index (χ0n) is 13.8. The molecule has 0 aromatic carbocycles. The maximum absolute atomic E-state index is 6.08. The molecule has 0 amide bonds. The van der Waals surface area contributed by atoms with Crippen LogP contribution in [0.5, 0.6) is 0 Å². The number of hydrogen-bond acceptors (Lipinski definition) is 5. The molecule has 3 aromatic rings. The summed E-state index contributed by atoms with van der Waals surface area (Å²) in [4.78, 5) is 1.16. The number of nitrogens with two attached hydrogens (primary N) is 1. The second kappa shape index (κ2) is 6.49. The Hall–Kier alpha value is -1.99. The van der Waals surface area contributed by atoms with Crippen LogP contribution >= 0.6 is 11.8 Å². The second-order valence-electron chi connectivity index (χ2n) is 6.13. The van der Waals surface area contributed by atoms with Crippen LogP contribution in [0.3, 0.4) is 0 Å². The van der Waals surface area contributed by atoms with Gasteiger partial charge in [0.05, 0.1) is 24.1 Å². The molecule has 3 N–H and O–H groups in total. The summed E-state index contributed by atoms with van der Waals surface area (Å²) >= 11 is 1.79. The minimum Gasteiger partial charge on any atom is -0.396 e. The van der Waals surface area contributed by atoms with Crippen molar-refractivity contribution in [1.29, 1.82) is 0 Å². The minimum absolute atomic E-state index is 0.445. The monoisotopic (exact) mass is 342 g/mol. The summed E-state index contributed by atoms with van der Waals surface area (Å²) in [5, 5.41) is 12.4. The molecule has 3 aromatic heterocycles. The van der Waals surface area contributed by atoms with Gasteiger partial charge in [0.2, 0.25) is 0 Å². The molecule has 1 atom stereocenters. The summed E-state index contributed by atoms with van der Waals surface area (Å²) in [7, 11) is 0. The highest BCUT2D eigenvalue weighted by Crippen LogP contribution is 2.32. The van der Waals surface area contributed by atoms with Crippen LogP contribution in [0.25, 0.3) is 16.6 Å². The van der Waals surface area contributed by atoms with E-state index in [0.717, 1.165) is 46.1 Å². The Morgan fingerprint density at radius 3 is 3.00 bits per heavy atom. The molecular weight excluding hydrogens is 320 g/mol. The van der Waals surface area contributed by atoms with Crippen LogP contribution in [0.15, 0.2) is 35.7 Å². The van der Waals surface area contributed by atoms with E-state index in [2.05, 4.69) is 39.4 Å². The molecule has 1 saturated heterocycles. The van der Waals surface area contributed by atoms with Crippen LogP contribution in [-0.2, 0) is 0 Å². The average molecular weight is 342 g/mol. The number of piperidine rings is 1. The molecule has 0 spiro atoms. The fraction of sp³-hybridized carbons (Fsp3) is 0.412. The Morgan fingerprint density at radius 1 is 1.29 bits per heavy atom. The summed E-state index contributed by atoms with van der Waals surface area (Å²) in [6, 6.07) is 2.64. The van der Waals surface area contributed by atoms with Gasteiger partial charge in [0.15, 0.2) is 0 Å². The molecule has 0 unspecified atom stereocenters. The second-order valence-corrected chi connectivity index (χ2v) is 7.43. The minimum atomic E-state index is 0.445. The van der Waals surface area contributed by atoms with Gasteiger partial charge in [-0.3, -0.25) is 4.68 Å². The maximum Gasteiger partial charge on any atom is 0.103 e. The third kappa shape index (κ3) is 2.78. The van der Waals surface area contributed by atoms with Crippen molar-refractivity contribution in [3.8, 4) is 11.1 Å². The van der Waals surface area contributed by atoms with Crippen LogP contribution < -0.4 is 11.1 Å². The SMILES string of the molecule is CCSc1cc(-c2cnn([C@H]3CCCNC3)c2)cn2ncc(N)c12. The van der Waals surface area contributed by atoms with Crippen molar-refractivity contribution in [3.63, 3.8) is 0 Å². The van der Waals surface area contributed by atoms with E-state index in [0.29, 0.717) is 6.04 Å². The first-order valence-electron chi connectivity index (χ1n) is 8.41. The summed E-state index contributed by atoms with van der Waals surface area (Å²) in [5.41, 5.74) is 10.0. The molecule has 7 heteroatoms. The molecule has 24 heavy (non-hydrogen) atoms. The normalized spacial score (nSPS) is 18.3. The fourth-order valence-corrected chi connectivity index (χ4v) is 4.15. The zero-order valence-corrected chi connectivity index (χ0v) is 14.6. The molecular formula is C17H22N6S. The maximum atomic E-state index is 6.08. The largest absolute Gasteiger partial charge is 0.396 e. The summed E-state index contributed by atoms with van der Waals surface area (Å²) in [6.45, 7) is 4.25. The van der Waals surface area contributed by atoms with Crippen molar-refractivity contribution in [3.05, 3.63) is 30.9 Å². The molecule has 1 aliphatic heterocycles. The lowest BCUT2D eigenvalue weighted by Crippen LogP contribution is -2.31.